The van der Waals surface area contributed by atoms with Crippen molar-refractivity contribution in [3.05, 3.63) is 45.8 Å². The van der Waals surface area contributed by atoms with E-state index in [0.29, 0.717) is 17.2 Å². The molecule has 0 bridgehead atoms. The Labute approximate surface area is 176 Å². The van der Waals surface area contributed by atoms with Crippen molar-refractivity contribution in [1.29, 1.82) is 0 Å². The van der Waals surface area contributed by atoms with Crippen molar-refractivity contribution < 1.29 is 14.3 Å². The summed E-state index contributed by atoms with van der Waals surface area (Å²) in [4.78, 5) is 26.2. The molecular weight excluding hydrogens is 384 g/mol. The van der Waals surface area contributed by atoms with Gasteiger partial charge in [0.25, 0.3) is 0 Å². The van der Waals surface area contributed by atoms with E-state index in [9.17, 15) is 9.59 Å². The molecule has 2 N–H and O–H groups in total. The smallest absolute Gasteiger partial charge is 0.341 e. The highest BCUT2D eigenvalue weighted by Gasteiger charge is 2.27. The van der Waals surface area contributed by atoms with Crippen LogP contribution in [-0.4, -0.2) is 25.0 Å². The maximum absolute atomic E-state index is 12.5. The number of amides is 1. The molecule has 1 aromatic carbocycles. The van der Waals surface area contributed by atoms with Crippen LogP contribution in [0.25, 0.3) is 0 Å². The second kappa shape index (κ2) is 10.4. The van der Waals surface area contributed by atoms with E-state index in [1.807, 2.05) is 12.1 Å². The first-order valence-electron chi connectivity index (χ1n) is 10.6. The zero-order valence-electron chi connectivity index (χ0n) is 17.3. The number of esters is 1. The number of hydrogen-bond acceptors (Lipinski definition) is 5. The number of aryl methyl sites for hydroxylation is 2. The molecule has 6 heteroatoms. The van der Waals surface area contributed by atoms with Crippen molar-refractivity contribution in [3.8, 4) is 0 Å². The molecule has 1 aliphatic carbocycles. The molecule has 0 saturated heterocycles. The third kappa shape index (κ3) is 5.60. The third-order valence-electron chi connectivity index (χ3n) is 5.13. The molecule has 2 aromatic rings. The highest BCUT2D eigenvalue weighted by atomic mass is 32.1. The van der Waals surface area contributed by atoms with Gasteiger partial charge in [-0.05, 0) is 68.7 Å². The minimum absolute atomic E-state index is 0.152. The van der Waals surface area contributed by atoms with Gasteiger partial charge in [0.05, 0.1) is 18.7 Å². The molecule has 0 atom stereocenters. The average Bonchev–Trinajstić information content (AvgIpc) is 3.09. The highest BCUT2D eigenvalue weighted by molar-refractivity contribution is 7.17. The number of nitrogens with one attached hydrogen (secondary N) is 2. The van der Waals surface area contributed by atoms with Gasteiger partial charge < -0.3 is 15.4 Å². The van der Waals surface area contributed by atoms with Crippen molar-refractivity contribution in [1.82, 2.24) is 0 Å². The Bertz CT molecular complexity index is 843. The molecule has 1 heterocycles. The molecule has 0 saturated carbocycles. The Morgan fingerprint density at radius 1 is 1.10 bits per heavy atom. The van der Waals surface area contributed by atoms with Gasteiger partial charge in [-0.3, -0.25) is 4.79 Å². The van der Waals surface area contributed by atoms with Gasteiger partial charge in [-0.25, -0.2) is 4.79 Å². The van der Waals surface area contributed by atoms with Gasteiger partial charge >= 0.3 is 5.97 Å². The molecule has 0 aliphatic heterocycles. The van der Waals surface area contributed by atoms with Gasteiger partial charge in [-0.2, -0.15) is 0 Å². The molecule has 0 radical (unpaired) electrons. The number of thiophene rings is 1. The summed E-state index contributed by atoms with van der Waals surface area (Å²) in [6.45, 7) is 4.46. The average molecular weight is 415 g/mol. The van der Waals surface area contributed by atoms with Gasteiger partial charge in [0, 0.05) is 10.6 Å². The van der Waals surface area contributed by atoms with E-state index in [1.54, 1.807) is 6.92 Å². The normalized spacial score (nSPS) is 12.9. The van der Waals surface area contributed by atoms with Crippen LogP contribution in [0, 0.1) is 0 Å². The van der Waals surface area contributed by atoms with Crippen LogP contribution in [0.5, 0.6) is 0 Å². The van der Waals surface area contributed by atoms with Crippen LogP contribution < -0.4 is 10.6 Å². The Morgan fingerprint density at radius 3 is 2.59 bits per heavy atom. The van der Waals surface area contributed by atoms with Gasteiger partial charge in [-0.15, -0.1) is 11.3 Å². The van der Waals surface area contributed by atoms with Crippen molar-refractivity contribution in [2.45, 2.75) is 58.8 Å². The van der Waals surface area contributed by atoms with Gasteiger partial charge in [0.2, 0.25) is 5.91 Å². The summed E-state index contributed by atoms with van der Waals surface area (Å²) in [5, 5.41) is 6.72. The first-order valence-corrected chi connectivity index (χ1v) is 11.4. The maximum atomic E-state index is 12.5. The SMILES string of the molecule is CCCCc1ccc(NCC(=O)Nc2sc3c(c2C(=O)OCC)CCCC3)cc1. The summed E-state index contributed by atoms with van der Waals surface area (Å²) < 4.78 is 5.24. The first kappa shape index (κ1) is 21.4. The fourth-order valence-electron chi connectivity index (χ4n) is 3.60. The Balaban J connectivity index is 1.63. The lowest BCUT2D eigenvalue weighted by Gasteiger charge is -2.12. The molecule has 3 rings (SSSR count). The van der Waals surface area contributed by atoms with Crippen molar-refractivity contribution in [3.63, 3.8) is 0 Å². The van der Waals surface area contributed by atoms with Crippen LogP contribution >= 0.6 is 11.3 Å². The lowest BCUT2D eigenvalue weighted by atomic mass is 9.95. The van der Waals surface area contributed by atoms with Crippen LogP contribution in [0.4, 0.5) is 10.7 Å². The number of carbonyl (C=O) groups excluding carboxylic acids is 2. The summed E-state index contributed by atoms with van der Waals surface area (Å²) >= 11 is 1.52. The van der Waals surface area contributed by atoms with Crippen LogP contribution in [0.15, 0.2) is 24.3 Å². The molecular formula is C23H30N2O3S. The highest BCUT2D eigenvalue weighted by Crippen LogP contribution is 2.38. The summed E-state index contributed by atoms with van der Waals surface area (Å²) in [6.07, 6.45) is 7.47. The van der Waals surface area contributed by atoms with Crippen LogP contribution in [0.2, 0.25) is 0 Å². The van der Waals surface area contributed by atoms with Gasteiger partial charge in [-0.1, -0.05) is 25.5 Å². The quantitative estimate of drug-likeness (QED) is 0.554. The second-order valence-corrected chi connectivity index (χ2v) is 8.44. The van der Waals surface area contributed by atoms with Crippen molar-refractivity contribution >= 4 is 33.9 Å². The van der Waals surface area contributed by atoms with Gasteiger partial charge in [0.15, 0.2) is 0 Å². The summed E-state index contributed by atoms with van der Waals surface area (Å²) in [5.74, 6) is -0.498. The predicted octanol–water partition coefficient (Wildman–Crippen LogP) is 5.20. The van der Waals surface area contributed by atoms with Gasteiger partial charge in [0.1, 0.15) is 5.00 Å². The Hall–Kier alpha value is -2.34. The lowest BCUT2D eigenvalue weighted by Crippen LogP contribution is -2.22. The number of fused-ring (bicyclic) bond motifs is 1. The molecule has 0 unspecified atom stereocenters. The molecule has 1 amide bonds. The van der Waals surface area contributed by atoms with E-state index in [0.717, 1.165) is 43.4 Å². The number of anilines is 2. The third-order valence-corrected chi connectivity index (χ3v) is 6.34. The standard InChI is InChI=1S/C23H30N2O3S/c1-3-5-8-16-11-13-17(14-12-16)24-15-20(26)25-22-21(23(27)28-4-2)18-9-6-7-10-19(18)29-22/h11-14,24H,3-10,15H2,1-2H3,(H,25,26). The van der Waals surface area contributed by atoms with Crippen LogP contribution in [-0.2, 0) is 28.8 Å². The molecule has 1 aromatic heterocycles. The first-order chi connectivity index (χ1) is 14.1. The van der Waals surface area contributed by atoms with E-state index in [4.69, 9.17) is 4.74 Å². The van der Waals surface area contributed by atoms with E-state index in [2.05, 4.69) is 29.7 Å². The maximum Gasteiger partial charge on any atom is 0.341 e. The zero-order chi connectivity index (χ0) is 20.6. The number of benzene rings is 1. The van der Waals surface area contributed by atoms with Crippen molar-refractivity contribution in [2.24, 2.45) is 0 Å². The van der Waals surface area contributed by atoms with Crippen LogP contribution in [0.3, 0.4) is 0 Å². The molecule has 5 nitrogen and oxygen atoms in total. The minimum atomic E-state index is -0.335. The molecule has 0 fully saturated rings. The summed E-state index contributed by atoms with van der Waals surface area (Å²) in [6, 6.07) is 8.21. The largest absolute Gasteiger partial charge is 0.462 e. The molecule has 156 valence electrons. The number of hydrogen-bond donors (Lipinski definition) is 2. The monoisotopic (exact) mass is 414 g/mol. The minimum Gasteiger partial charge on any atom is -0.462 e. The van der Waals surface area contributed by atoms with E-state index in [-0.39, 0.29) is 18.4 Å². The fraction of sp³-hybridized carbons (Fsp3) is 0.478. The number of unbranched alkanes of at least 4 members (excludes halogenated alkanes) is 1. The topological polar surface area (TPSA) is 67.4 Å². The van der Waals surface area contributed by atoms with E-state index >= 15 is 0 Å². The summed E-state index contributed by atoms with van der Waals surface area (Å²) in [5.41, 5.74) is 3.84. The summed E-state index contributed by atoms with van der Waals surface area (Å²) in [7, 11) is 0. The second-order valence-electron chi connectivity index (χ2n) is 7.34. The molecule has 1 aliphatic rings. The lowest BCUT2D eigenvalue weighted by molar-refractivity contribution is -0.114. The van der Waals surface area contributed by atoms with Crippen LogP contribution in [0.1, 0.15) is 65.9 Å². The fourth-order valence-corrected chi connectivity index (χ4v) is 4.89. The zero-order valence-corrected chi connectivity index (χ0v) is 18.1. The molecule has 0 spiro atoms. The number of ether oxygens (including phenoxy) is 1. The van der Waals surface area contributed by atoms with E-state index < -0.39 is 0 Å². The van der Waals surface area contributed by atoms with E-state index in [1.165, 1.54) is 34.6 Å². The predicted molar refractivity (Wildman–Crippen MR) is 119 cm³/mol. The Kier molecular flexibility index (Phi) is 7.69. The number of carbonyl (C=O) groups is 2. The molecule has 29 heavy (non-hydrogen) atoms. The Morgan fingerprint density at radius 2 is 1.86 bits per heavy atom. The number of rotatable bonds is 9. The van der Waals surface area contributed by atoms with Crippen molar-refractivity contribution in [2.75, 3.05) is 23.8 Å².